The van der Waals surface area contributed by atoms with Gasteiger partial charge in [-0.05, 0) is 31.0 Å². The second kappa shape index (κ2) is 5.27. The number of ether oxygens (including phenoxy) is 1. The molecular weight excluding hydrogens is 251 g/mol. The summed E-state index contributed by atoms with van der Waals surface area (Å²) < 4.78 is 19.7. The van der Waals surface area contributed by atoms with E-state index in [1.165, 1.54) is 12.4 Å². The molecule has 0 bridgehead atoms. The fourth-order valence-electron chi connectivity index (χ4n) is 1.51. The van der Waals surface area contributed by atoms with E-state index in [1.54, 1.807) is 13.0 Å². The Kier molecular flexibility index (Phi) is 3.72. The van der Waals surface area contributed by atoms with Crippen molar-refractivity contribution in [3.63, 3.8) is 0 Å². The molecule has 5 heteroatoms. The van der Waals surface area contributed by atoms with Crippen LogP contribution >= 0.6 is 12.2 Å². The summed E-state index contributed by atoms with van der Waals surface area (Å²) in [6.45, 7) is 3.75. The van der Waals surface area contributed by atoms with Gasteiger partial charge >= 0.3 is 0 Å². The van der Waals surface area contributed by atoms with Crippen LogP contribution in [0.1, 0.15) is 18.1 Å². The highest BCUT2D eigenvalue weighted by Crippen LogP contribution is 2.25. The zero-order chi connectivity index (χ0) is 13.1. The molecule has 0 fully saturated rings. The van der Waals surface area contributed by atoms with Gasteiger partial charge in [-0.15, -0.1) is 0 Å². The van der Waals surface area contributed by atoms with Gasteiger partial charge in [0.05, 0.1) is 6.33 Å². The fourth-order valence-corrected chi connectivity index (χ4v) is 1.66. The van der Waals surface area contributed by atoms with Gasteiger partial charge in [-0.25, -0.2) is 9.37 Å². The summed E-state index contributed by atoms with van der Waals surface area (Å²) in [5, 5.41) is 0. The number of hydrogen-bond acceptors (Lipinski definition) is 3. The number of nitrogens with one attached hydrogen (secondary N) is 1. The molecule has 1 heterocycles. The van der Waals surface area contributed by atoms with Crippen LogP contribution in [0, 0.1) is 17.4 Å². The SMILES string of the molecule is CCc1ccc(Oc2[nH]cnc(=S)c2C)c(F)c1. The van der Waals surface area contributed by atoms with E-state index in [9.17, 15) is 4.39 Å². The van der Waals surface area contributed by atoms with Gasteiger partial charge in [0.2, 0.25) is 5.88 Å². The minimum Gasteiger partial charge on any atom is -0.438 e. The lowest BCUT2D eigenvalue weighted by atomic mass is 10.1. The van der Waals surface area contributed by atoms with E-state index in [0.29, 0.717) is 16.1 Å². The Morgan fingerprint density at radius 3 is 2.89 bits per heavy atom. The van der Waals surface area contributed by atoms with Gasteiger partial charge < -0.3 is 9.72 Å². The van der Waals surface area contributed by atoms with Gasteiger partial charge in [0.15, 0.2) is 11.6 Å². The molecule has 0 aliphatic heterocycles. The average Bonchev–Trinajstić information content (AvgIpc) is 2.37. The van der Waals surface area contributed by atoms with Crippen molar-refractivity contribution >= 4 is 12.2 Å². The molecule has 3 nitrogen and oxygen atoms in total. The van der Waals surface area contributed by atoms with Gasteiger partial charge in [-0.2, -0.15) is 0 Å². The van der Waals surface area contributed by atoms with E-state index in [2.05, 4.69) is 9.97 Å². The van der Waals surface area contributed by atoms with Gasteiger partial charge in [0.1, 0.15) is 4.64 Å². The van der Waals surface area contributed by atoms with E-state index in [1.807, 2.05) is 13.0 Å². The summed E-state index contributed by atoms with van der Waals surface area (Å²) in [4.78, 5) is 6.73. The molecule has 0 saturated heterocycles. The van der Waals surface area contributed by atoms with E-state index < -0.39 is 0 Å². The fraction of sp³-hybridized carbons (Fsp3) is 0.231. The highest BCUT2D eigenvalue weighted by atomic mass is 32.1. The lowest BCUT2D eigenvalue weighted by Crippen LogP contribution is -1.96. The van der Waals surface area contributed by atoms with Crippen LogP contribution in [0.4, 0.5) is 4.39 Å². The molecule has 1 aromatic heterocycles. The van der Waals surface area contributed by atoms with Crippen molar-refractivity contribution in [2.24, 2.45) is 0 Å². The predicted octanol–water partition coefficient (Wildman–Crippen LogP) is 3.94. The molecule has 1 N–H and O–H groups in total. The lowest BCUT2D eigenvalue weighted by Gasteiger charge is -2.09. The summed E-state index contributed by atoms with van der Waals surface area (Å²) in [5.41, 5.74) is 1.62. The molecule has 94 valence electrons. The third-order valence-electron chi connectivity index (χ3n) is 2.66. The van der Waals surface area contributed by atoms with Crippen molar-refractivity contribution in [2.45, 2.75) is 20.3 Å². The molecule has 0 saturated carbocycles. The van der Waals surface area contributed by atoms with Crippen molar-refractivity contribution in [3.8, 4) is 11.6 Å². The number of benzene rings is 1. The van der Waals surface area contributed by atoms with Crippen molar-refractivity contribution in [1.29, 1.82) is 0 Å². The molecule has 0 atom stereocenters. The van der Waals surface area contributed by atoms with Gasteiger partial charge in [0.25, 0.3) is 0 Å². The van der Waals surface area contributed by atoms with Crippen LogP contribution in [0.2, 0.25) is 0 Å². The Bertz CT molecular complexity index is 625. The van der Waals surface area contributed by atoms with Gasteiger partial charge in [0, 0.05) is 5.56 Å². The summed E-state index contributed by atoms with van der Waals surface area (Å²) in [6.07, 6.45) is 2.22. The molecule has 0 unspecified atom stereocenters. The minimum absolute atomic E-state index is 0.173. The van der Waals surface area contributed by atoms with Crippen LogP contribution in [-0.2, 0) is 6.42 Å². The van der Waals surface area contributed by atoms with Crippen LogP contribution in [0.15, 0.2) is 24.5 Å². The maximum Gasteiger partial charge on any atom is 0.204 e. The number of aryl methyl sites for hydroxylation is 1. The summed E-state index contributed by atoms with van der Waals surface area (Å²) in [6, 6.07) is 4.93. The van der Waals surface area contributed by atoms with E-state index in [4.69, 9.17) is 17.0 Å². The molecule has 1 aromatic carbocycles. The van der Waals surface area contributed by atoms with Gasteiger partial charge in [-0.1, -0.05) is 25.2 Å². The number of rotatable bonds is 3. The quantitative estimate of drug-likeness (QED) is 0.853. The Labute approximate surface area is 110 Å². The maximum atomic E-state index is 13.8. The number of hydrogen-bond donors (Lipinski definition) is 1. The summed E-state index contributed by atoms with van der Waals surface area (Å²) in [5.74, 6) is 0.204. The average molecular weight is 264 g/mol. The second-order valence-electron chi connectivity index (χ2n) is 3.88. The zero-order valence-corrected chi connectivity index (χ0v) is 11.0. The van der Waals surface area contributed by atoms with Crippen molar-refractivity contribution < 1.29 is 9.13 Å². The highest BCUT2D eigenvalue weighted by Gasteiger charge is 2.08. The molecule has 0 aliphatic carbocycles. The Hall–Kier alpha value is -1.75. The number of H-pyrrole nitrogens is 1. The number of aromatic amines is 1. The first-order valence-electron chi connectivity index (χ1n) is 5.62. The minimum atomic E-state index is -0.384. The topological polar surface area (TPSA) is 37.9 Å². The van der Waals surface area contributed by atoms with Crippen LogP contribution in [0.3, 0.4) is 0 Å². The van der Waals surface area contributed by atoms with Crippen LogP contribution < -0.4 is 4.74 Å². The monoisotopic (exact) mass is 264 g/mol. The first-order valence-corrected chi connectivity index (χ1v) is 6.03. The van der Waals surface area contributed by atoms with Crippen LogP contribution in [0.5, 0.6) is 11.6 Å². The van der Waals surface area contributed by atoms with Crippen LogP contribution in [-0.4, -0.2) is 9.97 Å². The molecule has 2 aromatic rings. The number of halogens is 1. The zero-order valence-electron chi connectivity index (χ0n) is 10.2. The maximum absolute atomic E-state index is 13.8. The second-order valence-corrected chi connectivity index (χ2v) is 4.27. The predicted molar refractivity (Wildman–Crippen MR) is 70.0 cm³/mol. The third kappa shape index (κ3) is 2.56. The molecule has 0 spiro atoms. The smallest absolute Gasteiger partial charge is 0.204 e. The van der Waals surface area contributed by atoms with E-state index in [0.717, 1.165) is 12.0 Å². The highest BCUT2D eigenvalue weighted by molar-refractivity contribution is 7.71. The molecule has 18 heavy (non-hydrogen) atoms. The molecule has 0 aliphatic rings. The van der Waals surface area contributed by atoms with E-state index in [-0.39, 0.29) is 11.6 Å². The molecule has 2 rings (SSSR count). The number of aromatic nitrogens is 2. The van der Waals surface area contributed by atoms with Gasteiger partial charge in [-0.3, -0.25) is 0 Å². The molecule has 0 radical (unpaired) electrons. The molecular formula is C13H13FN2OS. The Morgan fingerprint density at radius 1 is 1.44 bits per heavy atom. The van der Waals surface area contributed by atoms with Crippen LogP contribution in [0.25, 0.3) is 0 Å². The third-order valence-corrected chi connectivity index (χ3v) is 3.07. The Morgan fingerprint density at radius 2 is 2.22 bits per heavy atom. The molecule has 0 amide bonds. The van der Waals surface area contributed by atoms with Crippen molar-refractivity contribution in [2.75, 3.05) is 0 Å². The summed E-state index contributed by atoms with van der Waals surface area (Å²) in [7, 11) is 0. The first kappa shape index (κ1) is 12.7. The standard InChI is InChI=1S/C13H13FN2OS/c1-3-9-4-5-11(10(14)6-9)17-12-8(2)13(18)16-7-15-12/h4-7H,3H2,1-2H3,(H,15,16,18). The lowest BCUT2D eigenvalue weighted by molar-refractivity contribution is 0.422. The van der Waals surface area contributed by atoms with E-state index >= 15 is 0 Å². The Balaban J connectivity index is 2.34. The number of nitrogens with zero attached hydrogens (tertiary/aromatic N) is 1. The first-order chi connectivity index (χ1) is 8.61. The van der Waals surface area contributed by atoms with Crippen molar-refractivity contribution in [3.05, 3.63) is 46.1 Å². The summed E-state index contributed by atoms with van der Waals surface area (Å²) >= 11 is 5.02. The van der Waals surface area contributed by atoms with Crippen molar-refractivity contribution in [1.82, 2.24) is 9.97 Å². The largest absolute Gasteiger partial charge is 0.438 e. The normalized spacial score (nSPS) is 10.4.